The molecule has 0 bridgehead atoms. The number of nitrogens with one attached hydrogen (secondary N) is 1. The van der Waals surface area contributed by atoms with E-state index in [0.717, 1.165) is 31.4 Å². The largest absolute Gasteiger partial charge is 0.393 e. The number of allylic oxidation sites excluding steroid dienone is 2. The highest BCUT2D eigenvalue weighted by atomic mass is 32.1. The summed E-state index contributed by atoms with van der Waals surface area (Å²) in [6.45, 7) is 4.64. The molecule has 3 saturated carbocycles. The number of carbonyl (C=O) groups is 3. The second kappa shape index (κ2) is 10.7. The molecule has 9 unspecified atom stereocenters. The van der Waals surface area contributed by atoms with Crippen molar-refractivity contribution in [2.24, 2.45) is 45.2 Å². The lowest BCUT2D eigenvalue weighted by atomic mass is 9.45. The Kier molecular flexibility index (Phi) is 7.49. The maximum absolute atomic E-state index is 13.3. The van der Waals surface area contributed by atoms with Crippen molar-refractivity contribution in [1.29, 1.82) is 5.41 Å². The first-order chi connectivity index (χ1) is 20.3. The number of likely N-dealkylation sites (tertiary alicyclic amines) is 1. The van der Waals surface area contributed by atoms with E-state index in [9.17, 15) is 24.6 Å². The van der Waals surface area contributed by atoms with Gasteiger partial charge in [-0.3, -0.25) is 19.4 Å². The number of primary amides is 1. The number of aliphatic hydroxyl groups excluding tert-OH is 1. The van der Waals surface area contributed by atoms with Gasteiger partial charge in [0.2, 0.25) is 11.0 Å². The molecule has 9 nitrogen and oxygen atoms in total. The minimum absolute atomic E-state index is 0.0495. The van der Waals surface area contributed by atoms with E-state index in [1.54, 1.807) is 23.1 Å². The van der Waals surface area contributed by atoms with E-state index >= 15 is 0 Å². The summed E-state index contributed by atoms with van der Waals surface area (Å²) in [6.07, 6.45) is 7.87. The highest BCUT2D eigenvalue weighted by Crippen LogP contribution is 2.68. The first kappa shape index (κ1) is 30.2. The molecule has 4 aliphatic carbocycles. The number of nitrogens with zero attached hydrogens (tertiary/aromatic N) is 2. The third kappa shape index (κ3) is 4.54. The van der Waals surface area contributed by atoms with Gasteiger partial charge in [-0.15, -0.1) is 12.6 Å². The molecule has 43 heavy (non-hydrogen) atoms. The Hall–Kier alpha value is -2.82. The van der Waals surface area contributed by atoms with Gasteiger partial charge in [-0.25, -0.2) is 0 Å². The third-order valence-electron chi connectivity index (χ3n) is 11.9. The van der Waals surface area contributed by atoms with Crippen molar-refractivity contribution in [3.8, 4) is 0 Å². The fourth-order valence-corrected chi connectivity index (χ4v) is 10.1. The number of amides is 2. The lowest BCUT2D eigenvalue weighted by Crippen LogP contribution is -2.61. The van der Waals surface area contributed by atoms with Crippen LogP contribution in [0.1, 0.15) is 75.6 Å². The standard InChI is InChI=1S/C33H42N4O5S/c1-31-15-19(17-34)24(36-21-6-3-5-18(13-21)29(40)37-12-4-7-25(37)28(35)39)14-20(31)8-9-22-23-10-11-33(42,30(41)43)32(23,2)16-26(38)27(22)31/h3,5-6,13-14,17,19,22-23,25-27,34,38,42H,4,7-12,15-16H2,1-2H3,(H2,35,39)(H,41,43). The van der Waals surface area contributed by atoms with Crippen LogP contribution in [0.4, 0.5) is 5.69 Å². The number of fused-ring (bicyclic) bond motifs is 5. The zero-order chi connectivity index (χ0) is 30.9. The van der Waals surface area contributed by atoms with Crippen molar-refractivity contribution in [2.75, 3.05) is 6.54 Å². The highest BCUT2D eigenvalue weighted by Gasteiger charge is 2.68. The molecule has 2 amide bonds. The zero-order valence-electron chi connectivity index (χ0n) is 24.8. The van der Waals surface area contributed by atoms with Crippen LogP contribution in [0.25, 0.3) is 0 Å². The molecule has 6 rings (SSSR count). The van der Waals surface area contributed by atoms with E-state index in [1.807, 2.05) is 13.0 Å². The first-order valence-electron chi connectivity index (χ1n) is 15.5. The Morgan fingerprint density at radius 3 is 2.65 bits per heavy atom. The number of hydrogen-bond donors (Lipinski definition) is 5. The molecule has 0 spiro atoms. The molecular formula is C33H42N4O5S. The van der Waals surface area contributed by atoms with Gasteiger partial charge in [0.15, 0.2) is 0 Å². The van der Waals surface area contributed by atoms with Crippen LogP contribution in [0.3, 0.4) is 0 Å². The van der Waals surface area contributed by atoms with Gasteiger partial charge in [0.05, 0.1) is 11.8 Å². The van der Waals surface area contributed by atoms with Crippen molar-refractivity contribution in [3.63, 3.8) is 0 Å². The average Bonchev–Trinajstić information content (AvgIpc) is 3.56. The van der Waals surface area contributed by atoms with E-state index in [1.165, 1.54) is 11.8 Å². The van der Waals surface area contributed by atoms with Crippen LogP contribution in [-0.4, -0.2) is 68.3 Å². The number of nitrogens with two attached hydrogens (primary N) is 1. The van der Waals surface area contributed by atoms with Crippen molar-refractivity contribution >= 4 is 47.2 Å². The van der Waals surface area contributed by atoms with Crippen molar-refractivity contribution in [1.82, 2.24) is 4.90 Å². The van der Waals surface area contributed by atoms with Crippen LogP contribution in [0.15, 0.2) is 40.9 Å². The molecule has 10 heteroatoms. The maximum Gasteiger partial charge on any atom is 0.254 e. The van der Waals surface area contributed by atoms with Gasteiger partial charge < -0.3 is 26.3 Å². The van der Waals surface area contributed by atoms with Crippen molar-refractivity contribution in [2.45, 2.75) is 83.0 Å². The number of hydrogen-bond acceptors (Lipinski definition) is 7. The fraction of sp³-hybridized carbons (Fsp3) is 0.606. The quantitative estimate of drug-likeness (QED) is 0.254. The molecule has 9 atom stereocenters. The monoisotopic (exact) mass is 606 g/mol. The fourth-order valence-electron chi connectivity index (χ4n) is 9.77. The summed E-state index contributed by atoms with van der Waals surface area (Å²) >= 11 is 4.06. The van der Waals surface area contributed by atoms with Crippen LogP contribution < -0.4 is 5.73 Å². The van der Waals surface area contributed by atoms with Gasteiger partial charge in [-0.2, -0.15) is 0 Å². The van der Waals surface area contributed by atoms with Crippen molar-refractivity contribution < 1.29 is 24.6 Å². The predicted molar refractivity (Wildman–Crippen MR) is 166 cm³/mol. The molecule has 0 radical (unpaired) electrons. The Morgan fingerprint density at radius 2 is 1.95 bits per heavy atom. The van der Waals surface area contributed by atoms with Crippen LogP contribution in [0.2, 0.25) is 0 Å². The van der Waals surface area contributed by atoms with Crippen LogP contribution in [0.5, 0.6) is 0 Å². The summed E-state index contributed by atoms with van der Waals surface area (Å²) in [7, 11) is 0. The number of aliphatic hydroxyl groups is 2. The van der Waals surface area contributed by atoms with Gasteiger partial charge in [0.1, 0.15) is 11.6 Å². The normalized spacial score (nSPS) is 41.2. The summed E-state index contributed by atoms with van der Waals surface area (Å²) < 4.78 is 0. The number of benzene rings is 1. The lowest BCUT2D eigenvalue weighted by molar-refractivity contribution is -0.174. The minimum atomic E-state index is -1.53. The number of rotatable bonds is 5. The third-order valence-corrected chi connectivity index (χ3v) is 12.3. The molecule has 1 aliphatic heterocycles. The van der Waals surface area contributed by atoms with Gasteiger partial charge in [0, 0.05) is 35.4 Å². The molecule has 5 N–H and O–H groups in total. The summed E-state index contributed by atoms with van der Waals surface area (Å²) in [5.74, 6) is -0.791. The Bertz CT molecular complexity index is 1440. The SMILES string of the molecule is CC12CC(C=N)C(=Nc3cccc(C(=O)N4CCCC4C(N)=O)c3)C=C1CCC1C2C(O)CC2(C)C1CCC2(O)C(=O)S. The highest BCUT2D eigenvalue weighted by molar-refractivity contribution is 7.96. The summed E-state index contributed by atoms with van der Waals surface area (Å²) in [5.41, 5.74) is 5.94. The molecule has 1 aromatic rings. The second-order valence-electron chi connectivity index (χ2n) is 13.9. The Labute approximate surface area is 257 Å². The van der Waals surface area contributed by atoms with Crippen molar-refractivity contribution in [3.05, 3.63) is 41.5 Å². The van der Waals surface area contributed by atoms with Gasteiger partial charge in [-0.1, -0.05) is 25.5 Å². The molecule has 1 heterocycles. The number of aliphatic imine (C=N–C) groups is 1. The molecule has 1 saturated heterocycles. The molecular weight excluding hydrogens is 564 g/mol. The molecule has 5 aliphatic rings. The van der Waals surface area contributed by atoms with Crippen LogP contribution >= 0.6 is 12.6 Å². The van der Waals surface area contributed by atoms with E-state index in [4.69, 9.17) is 16.1 Å². The van der Waals surface area contributed by atoms with Crippen LogP contribution in [0, 0.1) is 39.9 Å². The van der Waals surface area contributed by atoms with Crippen LogP contribution in [-0.2, 0) is 9.59 Å². The summed E-state index contributed by atoms with van der Waals surface area (Å²) in [6, 6.07) is 6.47. The van der Waals surface area contributed by atoms with Gasteiger partial charge >= 0.3 is 0 Å². The molecule has 1 aromatic carbocycles. The van der Waals surface area contributed by atoms with Gasteiger partial charge in [0.25, 0.3) is 5.91 Å². The van der Waals surface area contributed by atoms with E-state index in [-0.39, 0.29) is 35.0 Å². The first-order valence-corrected chi connectivity index (χ1v) is 15.9. The minimum Gasteiger partial charge on any atom is -0.393 e. The summed E-state index contributed by atoms with van der Waals surface area (Å²) in [5, 5.41) is 30.9. The maximum atomic E-state index is 13.3. The predicted octanol–water partition coefficient (Wildman–Crippen LogP) is 3.85. The van der Waals surface area contributed by atoms with E-state index in [0.29, 0.717) is 43.5 Å². The number of thiol groups is 1. The van der Waals surface area contributed by atoms with E-state index in [2.05, 4.69) is 25.6 Å². The molecule has 230 valence electrons. The average molecular weight is 607 g/mol. The zero-order valence-corrected chi connectivity index (χ0v) is 25.7. The number of carbonyl (C=O) groups excluding carboxylic acids is 3. The van der Waals surface area contributed by atoms with E-state index < -0.39 is 34.2 Å². The Morgan fingerprint density at radius 1 is 1.19 bits per heavy atom. The Balaban J connectivity index is 1.30. The molecule has 4 fully saturated rings. The second-order valence-corrected chi connectivity index (χ2v) is 14.3. The van der Waals surface area contributed by atoms with Gasteiger partial charge in [-0.05, 0) is 98.8 Å². The summed E-state index contributed by atoms with van der Waals surface area (Å²) in [4.78, 5) is 44.1. The molecule has 0 aromatic heterocycles. The lowest BCUT2D eigenvalue weighted by Gasteiger charge is -2.61. The smallest absolute Gasteiger partial charge is 0.254 e. The topological polar surface area (TPSA) is 157 Å².